The van der Waals surface area contributed by atoms with Gasteiger partial charge in [0.1, 0.15) is 0 Å². The third-order valence-corrected chi connectivity index (χ3v) is 5.37. The molecule has 0 aliphatic carbocycles. The van der Waals surface area contributed by atoms with E-state index in [0.717, 1.165) is 0 Å². The minimum Gasteiger partial charge on any atom is -0.759 e. The molecule has 0 heterocycles. The van der Waals surface area contributed by atoms with E-state index in [1.165, 1.54) is 61.3 Å². The molecule has 0 atom stereocenters. The van der Waals surface area contributed by atoms with Crippen LogP contribution in [0.5, 0.6) is 0 Å². The van der Waals surface area contributed by atoms with Crippen LogP contribution in [0.1, 0.15) is 55.4 Å². The summed E-state index contributed by atoms with van der Waals surface area (Å²) < 4.78 is 36.6. The van der Waals surface area contributed by atoms with Crippen LogP contribution in [-0.4, -0.2) is 78.8 Å². The summed E-state index contributed by atoms with van der Waals surface area (Å²) in [7, 11) is -5.17. The van der Waals surface area contributed by atoms with E-state index >= 15 is 0 Å². The Labute approximate surface area is 145 Å². The van der Waals surface area contributed by atoms with Crippen molar-refractivity contribution in [3.63, 3.8) is 0 Å². The molecule has 23 heavy (non-hydrogen) atoms. The molecule has 144 valence electrons. The Balaban J connectivity index is -0.000000273. The van der Waals surface area contributed by atoms with Crippen LogP contribution < -0.4 is 0 Å². The predicted molar refractivity (Wildman–Crippen MR) is 95.3 cm³/mol. The third kappa shape index (κ3) is 15.1. The van der Waals surface area contributed by atoms with Crippen molar-refractivity contribution in [2.24, 2.45) is 0 Å². The zero-order valence-corrected chi connectivity index (χ0v) is 17.4. The van der Waals surface area contributed by atoms with Crippen LogP contribution in [0, 0.1) is 0 Å². The van der Waals surface area contributed by atoms with Crippen molar-refractivity contribution >= 4 is 10.4 Å². The lowest BCUT2D eigenvalue weighted by molar-refractivity contribution is -0.921. The van der Waals surface area contributed by atoms with Crippen molar-refractivity contribution in [1.29, 1.82) is 0 Å². The molecule has 0 spiro atoms. The smallest absolute Gasteiger partial charge is 0.0757 e. The monoisotopic (exact) mass is 356 g/mol. The Bertz CT molecular complexity index is 288. The van der Waals surface area contributed by atoms with Crippen molar-refractivity contribution in [2.75, 3.05) is 52.4 Å². The lowest BCUT2D eigenvalue weighted by atomic mass is 10.3. The van der Waals surface area contributed by atoms with Gasteiger partial charge in [-0.1, -0.05) is 0 Å². The van der Waals surface area contributed by atoms with Crippen molar-refractivity contribution in [1.82, 2.24) is 0 Å². The molecule has 0 aromatic heterocycles. The maximum absolute atomic E-state index is 8.52. The highest BCUT2D eigenvalue weighted by atomic mass is 32.3. The average Bonchev–Trinajstić information content (AvgIpc) is 2.52. The fourth-order valence-corrected chi connectivity index (χ4v) is 2.68. The minimum atomic E-state index is -5.17. The molecule has 6 nitrogen and oxygen atoms in total. The second-order valence-electron chi connectivity index (χ2n) is 5.62. The second-order valence-corrected chi connectivity index (χ2v) is 6.44. The van der Waals surface area contributed by atoms with Gasteiger partial charge in [0, 0.05) is 10.4 Å². The Hall–Kier alpha value is -0.210. The van der Waals surface area contributed by atoms with Crippen LogP contribution in [0.25, 0.3) is 0 Å². The van der Waals surface area contributed by atoms with Crippen LogP contribution in [0.2, 0.25) is 0 Å². The topological polar surface area (TPSA) is 80.3 Å². The molecule has 0 aliphatic heterocycles. The first-order valence-corrected chi connectivity index (χ1v) is 10.2. The van der Waals surface area contributed by atoms with Crippen LogP contribution in [-0.2, 0) is 10.4 Å². The van der Waals surface area contributed by atoms with E-state index in [9.17, 15) is 0 Å². The largest absolute Gasteiger partial charge is 0.759 e. The van der Waals surface area contributed by atoms with Gasteiger partial charge in [-0.05, 0) is 55.4 Å². The van der Waals surface area contributed by atoms with E-state index in [2.05, 4.69) is 55.4 Å². The maximum atomic E-state index is 8.52. The van der Waals surface area contributed by atoms with Crippen molar-refractivity contribution in [3.05, 3.63) is 0 Å². The van der Waals surface area contributed by atoms with E-state index in [1.807, 2.05) is 0 Å². The molecular formula is C16H40N2O4S. The van der Waals surface area contributed by atoms with Gasteiger partial charge in [-0.25, -0.2) is 0 Å². The lowest BCUT2D eigenvalue weighted by Crippen LogP contribution is -2.47. The molecule has 0 amide bonds. The fraction of sp³-hybridized carbons (Fsp3) is 1.00. The zero-order chi connectivity index (χ0) is 19.2. The number of rotatable bonds is 8. The van der Waals surface area contributed by atoms with E-state index in [0.29, 0.717) is 0 Å². The van der Waals surface area contributed by atoms with Gasteiger partial charge >= 0.3 is 0 Å². The summed E-state index contributed by atoms with van der Waals surface area (Å²) in [5, 5.41) is 0. The van der Waals surface area contributed by atoms with Gasteiger partial charge in [-0.3, -0.25) is 8.42 Å². The van der Waals surface area contributed by atoms with Crippen molar-refractivity contribution in [3.8, 4) is 0 Å². The SMILES string of the molecule is CC[N+](CC)(CC)CC.CC[N+](CC)(CC)CC.O=S(=O)([O-])[O-]. The summed E-state index contributed by atoms with van der Waals surface area (Å²) in [6.07, 6.45) is 0. The molecule has 0 saturated heterocycles. The van der Waals surface area contributed by atoms with Crippen LogP contribution >= 0.6 is 0 Å². The summed E-state index contributed by atoms with van der Waals surface area (Å²) in [5.41, 5.74) is 0. The Kier molecular flexibility index (Phi) is 17.0. The molecule has 0 saturated carbocycles. The van der Waals surface area contributed by atoms with Gasteiger partial charge in [-0.15, -0.1) is 0 Å². The average molecular weight is 357 g/mol. The van der Waals surface area contributed by atoms with Gasteiger partial charge < -0.3 is 18.1 Å². The van der Waals surface area contributed by atoms with Gasteiger partial charge in [0.15, 0.2) is 0 Å². The number of hydrogen-bond donors (Lipinski definition) is 0. The summed E-state index contributed by atoms with van der Waals surface area (Å²) >= 11 is 0. The maximum Gasteiger partial charge on any atom is 0.0757 e. The highest BCUT2D eigenvalue weighted by molar-refractivity contribution is 7.79. The van der Waals surface area contributed by atoms with E-state index in [4.69, 9.17) is 17.5 Å². The molecule has 7 heteroatoms. The first-order valence-electron chi connectivity index (χ1n) is 8.85. The van der Waals surface area contributed by atoms with Gasteiger partial charge in [0.25, 0.3) is 0 Å². The summed E-state index contributed by atoms with van der Waals surface area (Å²) in [4.78, 5) is 0. The quantitative estimate of drug-likeness (QED) is 0.380. The highest BCUT2D eigenvalue weighted by Crippen LogP contribution is 2.03. The second kappa shape index (κ2) is 14.2. The summed E-state index contributed by atoms with van der Waals surface area (Å²) in [6, 6.07) is 0. The Morgan fingerprint density at radius 2 is 0.609 bits per heavy atom. The predicted octanol–water partition coefficient (Wildman–Crippen LogP) is 2.43. The molecule has 0 unspecified atom stereocenters. The molecule has 0 aliphatic rings. The van der Waals surface area contributed by atoms with E-state index in [-0.39, 0.29) is 0 Å². The standard InChI is InChI=1S/2C8H20N.H2O4S/c2*1-5-9(6-2,7-3)8-4;1-5(2,3)4/h2*5-8H2,1-4H3;(H2,1,2,3,4)/q2*+1;/p-2. The van der Waals surface area contributed by atoms with Gasteiger partial charge in [-0.2, -0.15) is 0 Å². The minimum absolute atomic E-state index is 1.28. The molecule has 0 radical (unpaired) electrons. The molecule has 0 aromatic carbocycles. The first-order chi connectivity index (χ1) is 10.5. The van der Waals surface area contributed by atoms with Crippen molar-refractivity contribution < 1.29 is 26.5 Å². The van der Waals surface area contributed by atoms with Crippen molar-refractivity contribution in [2.45, 2.75) is 55.4 Å². The molecular weight excluding hydrogens is 316 g/mol. The third-order valence-electron chi connectivity index (χ3n) is 5.37. The molecule has 0 rings (SSSR count). The van der Waals surface area contributed by atoms with Crippen LogP contribution in [0.15, 0.2) is 0 Å². The normalized spacial score (nSPS) is 11.9. The number of hydrogen-bond acceptors (Lipinski definition) is 4. The van der Waals surface area contributed by atoms with Gasteiger partial charge in [0.2, 0.25) is 0 Å². The molecule has 0 N–H and O–H groups in total. The summed E-state index contributed by atoms with van der Waals surface area (Å²) in [5.74, 6) is 0. The van der Waals surface area contributed by atoms with E-state index < -0.39 is 10.4 Å². The first kappa shape index (κ1) is 27.6. The summed E-state index contributed by atoms with van der Waals surface area (Å²) in [6.45, 7) is 28.4. The van der Waals surface area contributed by atoms with Crippen LogP contribution in [0.3, 0.4) is 0 Å². The Morgan fingerprint density at radius 1 is 0.522 bits per heavy atom. The van der Waals surface area contributed by atoms with Crippen LogP contribution in [0.4, 0.5) is 0 Å². The van der Waals surface area contributed by atoms with Gasteiger partial charge in [0.05, 0.1) is 52.4 Å². The lowest BCUT2D eigenvalue weighted by Gasteiger charge is -2.34. The highest BCUT2D eigenvalue weighted by Gasteiger charge is 2.16. The molecule has 0 fully saturated rings. The Morgan fingerprint density at radius 3 is 0.609 bits per heavy atom. The zero-order valence-electron chi connectivity index (χ0n) is 16.6. The number of quaternary nitrogens is 2. The fourth-order valence-electron chi connectivity index (χ4n) is 2.68. The van der Waals surface area contributed by atoms with E-state index in [1.54, 1.807) is 0 Å². The molecule has 0 bridgehead atoms. The number of nitrogens with zero attached hydrogens (tertiary/aromatic N) is 2. The molecule has 0 aromatic rings.